The number of hydrogen-bond acceptors (Lipinski definition) is 4. The molecule has 8 heteroatoms. The van der Waals surface area contributed by atoms with Crippen molar-refractivity contribution < 1.29 is 27.9 Å². The van der Waals surface area contributed by atoms with Gasteiger partial charge < -0.3 is 20.4 Å². The molecule has 0 amide bonds. The molecule has 0 heterocycles. The van der Waals surface area contributed by atoms with E-state index >= 15 is 0 Å². The molecule has 1 aromatic carbocycles. The third-order valence-electron chi connectivity index (χ3n) is 2.44. The number of alkyl halides is 3. The Morgan fingerprint density at radius 2 is 2.05 bits per heavy atom. The molecular formula is C12H15F3N2O3. The molecule has 1 aromatic rings. The van der Waals surface area contributed by atoms with Crippen LogP contribution >= 0.6 is 0 Å². The molecule has 0 atom stereocenters. The van der Waals surface area contributed by atoms with Gasteiger partial charge in [-0.15, -0.1) is 0 Å². The molecule has 0 saturated carbocycles. The number of methoxy groups -OCH3 is 1. The maximum atomic E-state index is 12.9. The highest BCUT2D eigenvalue weighted by Crippen LogP contribution is 2.36. The van der Waals surface area contributed by atoms with Gasteiger partial charge in [-0.25, -0.2) is 0 Å². The molecule has 0 spiro atoms. The van der Waals surface area contributed by atoms with E-state index in [4.69, 9.17) is 20.4 Å². The van der Waals surface area contributed by atoms with Crippen molar-refractivity contribution in [3.8, 4) is 5.75 Å². The fourth-order valence-corrected chi connectivity index (χ4v) is 1.48. The van der Waals surface area contributed by atoms with Crippen molar-refractivity contribution in [2.45, 2.75) is 12.6 Å². The van der Waals surface area contributed by atoms with Crippen molar-refractivity contribution in [2.75, 3.05) is 20.3 Å². The number of rotatable bonds is 6. The van der Waals surface area contributed by atoms with E-state index < -0.39 is 17.6 Å². The van der Waals surface area contributed by atoms with Gasteiger partial charge in [-0.1, -0.05) is 5.16 Å². The fraction of sp³-hybridized carbons (Fsp3) is 0.417. The maximum Gasteiger partial charge on any atom is 0.419 e. The van der Waals surface area contributed by atoms with Crippen molar-refractivity contribution in [1.82, 2.24) is 0 Å². The van der Waals surface area contributed by atoms with Crippen LogP contribution in [-0.2, 0) is 10.9 Å². The van der Waals surface area contributed by atoms with E-state index in [1.54, 1.807) is 0 Å². The topological polar surface area (TPSA) is 77.1 Å². The van der Waals surface area contributed by atoms with Gasteiger partial charge in [0.1, 0.15) is 5.75 Å². The molecule has 0 aliphatic heterocycles. The molecule has 1 rings (SSSR count). The average Bonchev–Trinajstić information content (AvgIpc) is 2.41. The summed E-state index contributed by atoms with van der Waals surface area (Å²) in [5.41, 5.74) is 4.26. The van der Waals surface area contributed by atoms with Gasteiger partial charge >= 0.3 is 6.18 Å². The van der Waals surface area contributed by atoms with Crippen LogP contribution in [0.25, 0.3) is 0 Å². The maximum absolute atomic E-state index is 12.9. The number of amidine groups is 1. The zero-order chi connectivity index (χ0) is 15.2. The molecule has 0 aromatic heterocycles. The zero-order valence-corrected chi connectivity index (χ0v) is 10.8. The van der Waals surface area contributed by atoms with Crippen molar-refractivity contribution >= 4 is 5.84 Å². The average molecular weight is 292 g/mol. The predicted molar refractivity (Wildman–Crippen MR) is 65.9 cm³/mol. The SMILES string of the molecule is COCCCOc1ccc(/C(N)=N/O)cc1C(F)(F)F. The Bertz CT molecular complexity index is 476. The van der Waals surface area contributed by atoms with Gasteiger partial charge in [0.2, 0.25) is 0 Å². The Morgan fingerprint density at radius 1 is 1.35 bits per heavy atom. The minimum Gasteiger partial charge on any atom is -0.493 e. The standard InChI is InChI=1S/C12H15F3N2O3/c1-19-5-2-6-20-10-4-3-8(11(16)17-18)7-9(10)12(13,14)15/h3-4,7,18H,2,5-6H2,1H3,(H2,16,17). The molecule has 0 aliphatic rings. The molecule has 112 valence electrons. The van der Waals surface area contributed by atoms with Gasteiger partial charge in [-0.3, -0.25) is 0 Å². The summed E-state index contributed by atoms with van der Waals surface area (Å²) in [5, 5.41) is 11.2. The summed E-state index contributed by atoms with van der Waals surface area (Å²) < 4.78 is 48.6. The summed E-state index contributed by atoms with van der Waals surface area (Å²) >= 11 is 0. The number of halogens is 3. The van der Waals surface area contributed by atoms with Crippen molar-refractivity contribution in [2.24, 2.45) is 10.9 Å². The van der Waals surface area contributed by atoms with Gasteiger partial charge in [-0.2, -0.15) is 13.2 Å². The molecule has 0 unspecified atom stereocenters. The zero-order valence-electron chi connectivity index (χ0n) is 10.8. The van der Waals surface area contributed by atoms with Crippen LogP contribution < -0.4 is 10.5 Å². The second-order valence-electron chi connectivity index (χ2n) is 3.89. The van der Waals surface area contributed by atoms with Crippen molar-refractivity contribution in [3.63, 3.8) is 0 Å². The van der Waals surface area contributed by atoms with Crippen LogP contribution in [0.2, 0.25) is 0 Å². The Balaban J connectivity index is 2.99. The van der Waals surface area contributed by atoms with Crippen LogP contribution in [0.15, 0.2) is 23.4 Å². The molecule has 3 N–H and O–H groups in total. The highest BCUT2D eigenvalue weighted by molar-refractivity contribution is 5.97. The first-order chi connectivity index (χ1) is 9.40. The summed E-state index contributed by atoms with van der Waals surface area (Å²) in [6.45, 7) is 0.489. The monoisotopic (exact) mass is 292 g/mol. The summed E-state index contributed by atoms with van der Waals surface area (Å²) in [6, 6.07) is 3.21. The normalized spacial score (nSPS) is 12.5. The number of oxime groups is 1. The third-order valence-corrected chi connectivity index (χ3v) is 2.44. The summed E-state index contributed by atoms with van der Waals surface area (Å²) in [7, 11) is 1.49. The summed E-state index contributed by atoms with van der Waals surface area (Å²) in [5.74, 6) is -0.704. The van der Waals surface area contributed by atoms with Gasteiger partial charge in [0.15, 0.2) is 5.84 Å². The second-order valence-corrected chi connectivity index (χ2v) is 3.89. The van der Waals surface area contributed by atoms with Gasteiger partial charge in [0.25, 0.3) is 0 Å². The van der Waals surface area contributed by atoms with Gasteiger partial charge in [-0.05, 0) is 18.2 Å². The lowest BCUT2D eigenvalue weighted by molar-refractivity contribution is -0.139. The van der Waals surface area contributed by atoms with E-state index in [1.807, 2.05) is 0 Å². The number of benzene rings is 1. The van der Waals surface area contributed by atoms with E-state index in [2.05, 4.69) is 5.16 Å². The van der Waals surface area contributed by atoms with E-state index in [0.717, 1.165) is 12.1 Å². The van der Waals surface area contributed by atoms with Crippen LogP contribution in [0, 0.1) is 0 Å². The molecule has 0 radical (unpaired) electrons. The van der Waals surface area contributed by atoms with E-state index in [9.17, 15) is 13.2 Å². The quantitative estimate of drug-likeness (QED) is 0.277. The molecule has 0 bridgehead atoms. The fourth-order valence-electron chi connectivity index (χ4n) is 1.48. The molecule has 0 fully saturated rings. The lowest BCUT2D eigenvalue weighted by Crippen LogP contribution is -2.16. The number of nitrogens with zero attached hydrogens (tertiary/aromatic N) is 1. The van der Waals surface area contributed by atoms with Crippen LogP contribution in [-0.4, -0.2) is 31.4 Å². The smallest absolute Gasteiger partial charge is 0.419 e. The molecular weight excluding hydrogens is 277 g/mol. The van der Waals surface area contributed by atoms with Crippen molar-refractivity contribution in [1.29, 1.82) is 0 Å². The summed E-state index contributed by atoms with van der Waals surface area (Å²) in [6.07, 6.45) is -4.13. The Morgan fingerprint density at radius 3 is 2.60 bits per heavy atom. The number of ether oxygens (including phenoxy) is 2. The van der Waals surface area contributed by atoms with Gasteiger partial charge in [0, 0.05) is 25.7 Å². The molecule has 0 saturated heterocycles. The first-order valence-corrected chi connectivity index (χ1v) is 5.71. The van der Waals surface area contributed by atoms with Gasteiger partial charge in [0.05, 0.1) is 12.2 Å². The Hall–Kier alpha value is -1.96. The third kappa shape index (κ3) is 4.30. The highest BCUT2D eigenvalue weighted by Gasteiger charge is 2.35. The minimum absolute atomic E-state index is 0.0379. The lowest BCUT2D eigenvalue weighted by atomic mass is 10.1. The first-order valence-electron chi connectivity index (χ1n) is 5.71. The predicted octanol–water partition coefficient (Wildman–Crippen LogP) is 2.22. The largest absolute Gasteiger partial charge is 0.493 e. The Labute approximate surface area is 113 Å². The highest BCUT2D eigenvalue weighted by atomic mass is 19.4. The first kappa shape index (κ1) is 16.1. The van der Waals surface area contributed by atoms with Crippen LogP contribution in [0.5, 0.6) is 5.75 Å². The van der Waals surface area contributed by atoms with Crippen LogP contribution in [0.3, 0.4) is 0 Å². The van der Waals surface area contributed by atoms with E-state index in [0.29, 0.717) is 13.0 Å². The lowest BCUT2D eigenvalue weighted by Gasteiger charge is -2.15. The van der Waals surface area contributed by atoms with Crippen LogP contribution in [0.4, 0.5) is 13.2 Å². The summed E-state index contributed by atoms with van der Waals surface area (Å²) in [4.78, 5) is 0. The van der Waals surface area contributed by atoms with Crippen LogP contribution in [0.1, 0.15) is 17.5 Å². The molecule has 0 aliphatic carbocycles. The Kier molecular flexibility index (Phi) is 5.63. The van der Waals surface area contributed by atoms with Crippen molar-refractivity contribution in [3.05, 3.63) is 29.3 Å². The molecule has 5 nitrogen and oxygen atoms in total. The number of hydrogen-bond donors (Lipinski definition) is 2. The minimum atomic E-state index is -4.59. The number of nitrogens with two attached hydrogens (primary N) is 1. The molecule has 20 heavy (non-hydrogen) atoms. The van der Waals surface area contributed by atoms with E-state index in [-0.39, 0.29) is 17.9 Å². The van der Waals surface area contributed by atoms with E-state index in [1.165, 1.54) is 13.2 Å². The second kappa shape index (κ2) is 6.99.